The Labute approximate surface area is 118 Å². The molecule has 1 N–H and O–H groups in total. The molecule has 2 heterocycles. The van der Waals surface area contributed by atoms with Gasteiger partial charge in [-0.3, -0.25) is 9.69 Å². The number of aliphatic hydroxyl groups excluding tert-OH is 1. The predicted molar refractivity (Wildman–Crippen MR) is 77.0 cm³/mol. The Morgan fingerprint density at radius 1 is 1.68 bits per heavy atom. The topological polar surface area (TPSA) is 43.8 Å². The molecule has 5 heteroatoms. The lowest BCUT2D eigenvalue weighted by atomic mass is 10.3. The third kappa shape index (κ3) is 4.16. The van der Waals surface area contributed by atoms with E-state index in [-0.39, 0.29) is 12.0 Å². The number of nitrogens with zero attached hydrogens (tertiary/aromatic N) is 2. The lowest BCUT2D eigenvalue weighted by Gasteiger charge is -2.23. The Morgan fingerprint density at radius 3 is 3.11 bits per heavy atom. The summed E-state index contributed by atoms with van der Waals surface area (Å²) in [5.41, 5.74) is 0. The van der Waals surface area contributed by atoms with Crippen LogP contribution < -0.4 is 0 Å². The van der Waals surface area contributed by atoms with E-state index in [1.165, 1.54) is 4.88 Å². The maximum absolute atomic E-state index is 12.3. The van der Waals surface area contributed by atoms with Gasteiger partial charge in [0, 0.05) is 24.5 Å². The van der Waals surface area contributed by atoms with Crippen LogP contribution in [0.5, 0.6) is 0 Å². The maximum atomic E-state index is 12.3. The second kappa shape index (κ2) is 6.84. The van der Waals surface area contributed by atoms with Crippen LogP contribution >= 0.6 is 11.3 Å². The lowest BCUT2D eigenvalue weighted by Crippen LogP contribution is -2.39. The summed E-state index contributed by atoms with van der Waals surface area (Å²) in [7, 11) is 0. The van der Waals surface area contributed by atoms with Crippen LogP contribution in [0, 0.1) is 0 Å². The van der Waals surface area contributed by atoms with Crippen molar-refractivity contribution in [1.82, 2.24) is 9.80 Å². The molecule has 0 aromatic carbocycles. The molecule has 2 rings (SSSR count). The molecule has 0 aliphatic carbocycles. The SMILES string of the molecule is C=CCN(Cc1cccs1)C(=O)CN1CCC(O)C1. The Bertz CT molecular complexity index is 419. The second-order valence-corrected chi connectivity index (χ2v) is 5.85. The molecule has 104 valence electrons. The van der Waals surface area contributed by atoms with Gasteiger partial charge in [-0.15, -0.1) is 17.9 Å². The molecule has 1 aliphatic heterocycles. The number of amides is 1. The zero-order valence-electron chi connectivity index (χ0n) is 11.0. The monoisotopic (exact) mass is 280 g/mol. The quantitative estimate of drug-likeness (QED) is 0.800. The van der Waals surface area contributed by atoms with Gasteiger partial charge in [-0.2, -0.15) is 0 Å². The summed E-state index contributed by atoms with van der Waals surface area (Å²) in [6.45, 7) is 6.70. The van der Waals surface area contributed by atoms with Crippen molar-refractivity contribution < 1.29 is 9.90 Å². The number of likely N-dealkylation sites (tertiary alicyclic amines) is 1. The maximum Gasteiger partial charge on any atom is 0.237 e. The minimum absolute atomic E-state index is 0.0994. The van der Waals surface area contributed by atoms with Crippen LogP contribution in [0.15, 0.2) is 30.2 Å². The number of aliphatic hydroxyl groups is 1. The standard InChI is InChI=1S/C14H20N2O2S/c1-2-6-16(10-13-4-3-8-19-13)14(18)11-15-7-5-12(17)9-15/h2-4,8,12,17H,1,5-7,9-11H2. The van der Waals surface area contributed by atoms with Crippen molar-refractivity contribution in [3.05, 3.63) is 35.0 Å². The third-order valence-electron chi connectivity index (χ3n) is 3.24. The molecule has 4 nitrogen and oxygen atoms in total. The highest BCUT2D eigenvalue weighted by Crippen LogP contribution is 2.13. The Hall–Kier alpha value is -1.17. The van der Waals surface area contributed by atoms with E-state index in [1.54, 1.807) is 17.4 Å². The van der Waals surface area contributed by atoms with Crippen molar-refractivity contribution in [2.45, 2.75) is 19.1 Å². The molecule has 1 amide bonds. The molecule has 1 atom stereocenters. The molecule has 1 aromatic rings. The van der Waals surface area contributed by atoms with Gasteiger partial charge in [0.25, 0.3) is 0 Å². The fourth-order valence-electron chi connectivity index (χ4n) is 2.25. The summed E-state index contributed by atoms with van der Waals surface area (Å²) in [6.07, 6.45) is 2.24. The number of rotatable bonds is 6. The van der Waals surface area contributed by atoms with E-state index in [1.807, 2.05) is 27.3 Å². The van der Waals surface area contributed by atoms with Gasteiger partial charge in [-0.25, -0.2) is 0 Å². The lowest BCUT2D eigenvalue weighted by molar-refractivity contribution is -0.132. The van der Waals surface area contributed by atoms with Crippen molar-refractivity contribution in [3.8, 4) is 0 Å². The smallest absolute Gasteiger partial charge is 0.237 e. The van der Waals surface area contributed by atoms with Crippen LogP contribution in [-0.4, -0.2) is 53.1 Å². The molecule has 0 radical (unpaired) electrons. The summed E-state index contributed by atoms with van der Waals surface area (Å²) in [4.78, 5) is 17.3. The first-order valence-electron chi connectivity index (χ1n) is 6.50. The molecule has 19 heavy (non-hydrogen) atoms. The molecule has 1 fully saturated rings. The van der Waals surface area contributed by atoms with Crippen molar-refractivity contribution in [2.75, 3.05) is 26.2 Å². The van der Waals surface area contributed by atoms with Gasteiger partial charge in [-0.05, 0) is 17.9 Å². The molecular weight excluding hydrogens is 260 g/mol. The van der Waals surface area contributed by atoms with E-state index in [2.05, 4.69) is 6.58 Å². The predicted octanol–water partition coefficient (Wildman–Crippen LogP) is 1.33. The second-order valence-electron chi connectivity index (χ2n) is 4.82. The molecule has 0 bridgehead atoms. The van der Waals surface area contributed by atoms with Gasteiger partial charge in [0.2, 0.25) is 5.91 Å². The van der Waals surface area contributed by atoms with Crippen LogP contribution in [0.25, 0.3) is 0 Å². The minimum atomic E-state index is -0.280. The normalized spacial score (nSPS) is 19.5. The molecular formula is C14H20N2O2S. The number of carbonyl (C=O) groups excluding carboxylic acids is 1. The van der Waals surface area contributed by atoms with E-state index >= 15 is 0 Å². The van der Waals surface area contributed by atoms with Crippen LogP contribution in [0.4, 0.5) is 0 Å². The first-order valence-corrected chi connectivity index (χ1v) is 7.38. The molecule has 1 saturated heterocycles. The number of β-amino-alcohol motifs (C(OH)–C–C–N with tert-alkyl or cyclic N) is 1. The average molecular weight is 280 g/mol. The fraction of sp³-hybridized carbons (Fsp3) is 0.500. The summed E-state index contributed by atoms with van der Waals surface area (Å²) in [6, 6.07) is 4.03. The van der Waals surface area contributed by atoms with Gasteiger partial charge in [0.1, 0.15) is 0 Å². The molecule has 1 aromatic heterocycles. The Kier molecular flexibility index (Phi) is 5.13. The number of hydrogen-bond acceptors (Lipinski definition) is 4. The van der Waals surface area contributed by atoms with Crippen molar-refractivity contribution in [2.24, 2.45) is 0 Å². The Morgan fingerprint density at radius 2 is 2.53 bits per heavy atom. The van der Waals surface area contributed by atoms with Crippen molar-refractivity contribution >= 4 is 17.2 Å². The van der Waals surface area contributed by atoms with Gasteiger partial charge in [-0.1, -0.05) is 12.1 Å². The summed E-state index contributed by atoms with van der Waals surface area (Å²) < 4.78 is 0. The highest BCUT2D eigenvalue weighted by molar-refractivity contribution is 7.09. The highest BCUT2D eigenvalue weighted by Gasteiger charge is 2.24. The Balaban J connectivity index is 1.90. The highest BCUT2D eigenvalue weighted by atomic mass is 32.1. The molecule has 0 saturated carbocycles. The van der Waals surface area contributed by atoms with Crippen LogP contribution in [0.2, 0.25) is 0 Å². The van der Waals surface area contributed by atoms with E-state index in [9.17, 15) is 9.90 Å². The van der Waals surface area contributed by atoms with Gasteiger partial charge in [0.15, 0.2) is 0 Å². The zero-order chi connectivity index (χ0) is 13.7. The zero-order valence-corrected chi connectivity index (χ0v) is 11.8. The average Bonchev–Trinajstić information content (AvgIpc) is 3.01. The van der Waals surface area contributed by atoms with Crippen LogP contribution in [0.3, 0.4) is 0 Å². The molecule has 1 aliphatic rings. The summed E-state index contributed by atoms with van der Waals surface area (Å²) in [5.74, 6) is 0.0994. The third-order valence-corrected chi connectivity index (χ3v) is 4.10. The van der Waals surface area contributed by atoms with E-state index < -0.39 is 0 Å². The van der Waals surface area contributed by atoms with Gasteiger partial charge < -0.3 is 10.0 Å². The van der Waals surface area contributed by atoms with Gasteiger partial charge in [0.05, 0.1) is 19.2 Å². The number of thiophene rings is 1. The first-order chi connectivity index (χ1) is 9.19. The van der Waals surface area contributed by atoms with Crippen molar-refractivity contribution in [1.29, 1.82) is 0 Å². The first kappa shape index (κ1) is 14.2. The minimum Gasteiger partial charge on any atom is -0.392 e. The van der Waals surface area contributed by atoms with Crippen LogP contribution in [0.1, 0.15) is 11.3 Å². The number of carbonyl (C=O) groups is 1. The fourth-order valence-corrected chi connectivity index (χ4v) is 2.97. The molecule has 0 spiro atoms. The van der Waals surface area contributed by atoms with Crippen molar-refractivity contribution in [3.63, 3.8) is 0 Å². The largest absolute Gasteiger partial charge is 0.392 e. The van der Waals surface area contributed by atoms with Crippen LogP contribution in [-0.2, 0) is 11.3 Å². The van der Waals surface area contributed by atoms with Gasteiger partial charge >= 0.3 is 0 Å². The summed E-state index contributed by atoms with van der Waals surface area (Å²) in [5, 5.41) is 11.5. The number of hydrogen-bond donors (Lipinski definition) is 1. The van der Waals surface area contributed by atoms with E-state index in [0.717, 1.165) is 13.0 Å². The van der Waals surface area contributed by atoms with E-state index in [0.29, 0.717) is 26.2 Å². The summed E-state index contributed by atoms with van der Waals surface area (Å²) >= 11 is 1.66. The molecule has 1 unspecified atom stereocenters. The van der Waals surface area contributed by atoms with E-state index in [4.69, 9.17) is 0 Å².